The van der Waals surface area contributed by atoms with Crippen molar-refractivity contribution in [2.24, 2.45) is 5.92 Å². The van der Waals surface area contributed by atoms with E-state index in [0.29, 0.717) is 17.1 Å². The number of rotatable bonds is 7. The van der Waals surface area contributed by atoms with Crippen LogP contribution in [-0.4, -0.2) is 36.8 Å². The summed E-state index contributed by atoms with van der Waals surface area (Å²) < 4.78 is 10.1. The van der Waals surface area contributed by atoms with Gasteiger partial charge in [-0.3, -0.25) is 30.0 Å². The molecule has 1 aromatic carbocycles. The van der Waals surface area contributed by atoms with Crippen molar-refractivity contribution < 1.29 is 28.3 Å². The van der Waals surface area contributed by atoms with Crippen molar-refractivity contribution in [3.8, 4) is 5.75 Å². The topological polar surface area (TPSA) is 139 Å². The second-order valence-corrected chi connectivity index (χ2v) is 6.63. The van der Waals surface area contributed by atoms with Crippen LogP contribution in [0, 0.1) is 5.92 Å². The van der Waals surface area contributed by atoms with Gasteiger partial charge in [-0.2, -0.15) is 0 Å². The molecule has 1 heterocycles. The van der Waals surface area contributed by atoms with Crippen LogP contribution < -0.4 is 26.2 Å². The molecule has 0 spiro atoms. The molecule has 4 N–H and O–H groups in total. The summed E-state index contributed by atoms with van der Waals surface area (Å²) in [7, 11) is 1.51. The minimum Gasteiger partial charge on any atom is -0.497 e. The predicted octanol–water partition coefficient (Wildman–Crippen LogP) is 0.506. The third kappa shape index (κ3) is 6.36. The molecule has 0 unspecified atom stereocenters. The molecule has 0 bridgehead atoms. The van der Waals surface area contributed by atoms with Crippen LogP contribution >= 0.6 is 0 Å². The average molecular weight is 416 g/mol. The van der Waals surface area contributed by atoms with Crippen molar-refractivity contribution >= 4 is 23.6 Å². The number of carbonyl (C=O) groups excluding carboxylic acids is 4. The summed E-state index contributed by atoms with van der Waals surface area (Å²) in [5.41, 5.74) is 4.53. The van der Waals surface area contributed by atoms with E-state index >= 15 is 0 Å². The predicted molar refractivity (Wildman–Crippen MR) is 106 cm³/mol. The fourth-order valence-electron chi connectivity index (χ4n) is 2.42. The number of furan rings is 1. The van der Waals surface area contributed by atoms with Gasteiger partial charge in [0.05, 0.1) is 19.9 Å². The van der Waals surface area contributed by atoms with E-state index in [2.05, 4.69) is 16.1 Å². The first-order valence-corrected chi connectivity index (χ1v) is 9.17. The minimum absolute atomic E-state index is 0.0275. The fraction of sp³-hybridized carbons (Fsp3) is 0.300. The number of hydrogen-bond donors (Lipinski definition) is 4. The summed E-state index contributed by atoms with van der Waals surface area (Å²) in [4.78, 5) is 48.4. The summed E-state index contributed by atoms with van der Waals surface area (Å²) in [6.45, 7) is 3.49. The Balaban J connectivity index is 1.87. The van der Waals surface area contributed by atoms with E-state index in [1.165, 1.54) is 13.4 Å². The molecule has 0 saturated carbocycles. The largest absolute Gasteiger partial charge is 0.497 e. The number of carbonyl (C=O) groups is 4. The Labute approximate surface area is 173 Å². The highest BCUT2D eigenvalue weighted by molar-refractivity contribution is 6.35. The normalized spacial score (nSPS) is 11.3. The van der Waals surface area contributed by atoms with Gasteiger partial charge >= 0.3 is 11.8 Å². The van der Waals surface area contributed by atoms with Crippen molar-refractivity contribution in [2.75, 3.05) is 7.11 Å². The number of methoxy groups -OCH3 is 1. The van der Waals surface area contributed by atoms with Crippen molar-refractivity contribution in [2.45, 2.75) is 26.4 Å². The van der Waals surface area contributed by atoms with Gasteiger partial charge in [-0.1, -0.05) is 13.8 Å². The lowest BCUT2D eigenvalue weighted by Gasteiger charge is -2.21. The van der Waals surface area contributed by atoms with Crippen LogP contribution in [0.1, 0.15) is 30.0 Å². The molecular formula is C20H24N4O6. The molecule has 1 aromatic heterocycles. The summed E-state index contributed by atoms with van der Waals surface area (Å²) in [6.07, 6.45) is 1.44. The first kappa shape index (κ1) is 22.5. The smallest absolute Gasteiger partial charge is 0.327 e. The van der Waals surface area contributed by atoms with Gasteiger partial charge in [-0.25, -0.2) is 0 Å². The van der Waals surface area contributed by atoms with Gasteiger partial charge in [0.15, 0.2) is 0 Å². The molecule has 0 saturated heterocycles. The number of hydrogen-bond acceptors (Lipinski definition) is 6. The van der Waals surface area contributed by atoms with E-state index in [9.17, 15) is 19.2 Å². The summed E-state index contributed by atoms with van der Waals surface area (Å²) >= 11 is 0. The van der Waals surface area contributed by atoms with Crippen molar-refractivity contribution in [1.82, 2.24) is 21.5 Å². The Morgan fingerprint density at radius 3 is 2.27 bits per heavy atom. The fourth-order valence-corrected chi connectivity index (χ4v) is 2.42. The number of hydrazine groups is 1. The summed E-state index contributed by atoms with van der Waals surface area (Å²) in [5.74, 6) is -2.35. The van der Waals surface area contributed by atoms with E-state index < -0.39 is 29.7 Å². The van der Waals surface area contributed by atoms with E-state index in [1.54, 1.807) is 50.2 Å². The summed E-state index contributed by atoms with van der Waals surface area (Å²) in [6, 6.07) is 8.73. The third-order valence-corrected chi connectivity index (χ3v) is 4.10. The lowest BCUT2D eigenvalue weighted by atomic mass is 10.0. The average Bonchev–Trinajstić information content (AvgIpc) is 3.27. The van der Waals surface area contributed by atoms with Crippen LogP contribution in [0.25, 0.3) is 0 Å². The Kier molecular flexibility index (Phi) is 7.98. The van der Waals surface area contributed by atoms with Crippen LogP contribution in [0.2, 0.25) is 0 Å². The third-order valence-electron chi connectivity index (χ3n) is 4.10. The maximum Gasteiger partial charge on any atom is 0.327 e. The maximum atomic E-state index is 12.4. The lowest BCUT2D eigenvalue weighted by Crippen LogP contribution is -2.56. The van der Waals surface area contributed by atoms with Gasteiger partial charge in [-0.05, 0) is 42.3 Å². The molecule has 0 aliphatic heterocycles. The maximum absolute atomic E-state index is 12.4. The van der Waals surface area contributed by atoms with Crippen LogP contribution in [0.4, 0.5) is 0 Å². The molecule has 10 heteroatoms. The number of nitrogens with one attached hydrogen (secondary N) is 4. The van der Waals surface area contributed by atoms with E-state index in [-0.39, 0.29) is 12.5 Å². The van der Waals surface area contributed by atoms with Gasteiger partial charge in [-0.15, -0.1) is 0 Å². The number of ether oxygens (including phenoxy) is 1. The zero-order valence-corrected chi connectivity index (χ0v) is 16.9. The molecule has 0 aliphatic rings. The Hall–Kier alpha value is -3.82. The van der Waals surface area contributed by atoms with Crippen molar-refractivity contribution in [3.63, 3.8) is 0 Å². The zero-order valence-electron chi connectivity index (χ0n) is 16.9. The minimum atomic E-state index is -1.06. The Morgan fingerprint density at radius 1 is 1.00 bits per heavy atom. The highest BCUT2D eigenvalue weighted by Gasteiger charge is 2.26. The van der Waals surface area contributed by atoms with E-state index in [4.69, 9.17) is 9.15 Å². The molecule has 10 nitrogen and oxygen atoms in total. The van der Waals surface area contributed by atoms with Crippen LogP contribution in [0.5, 0.6) is 5.75 Å². The van der Waals surface area contributed by atoms with Gasteiger partial charge in [0.2, 0.25) is 0 Å². The molecule has 0 fully saturated rings. The van der Waals surface area contributed by atoms with Crippen molar-refractivity contribution in [3.05, 3.63) is 54.0 Å². The van der Waals surface area contributed by atoms with E-state index in [0.717, 1.165) is 0 Å². The highest BCUT2D eigenvalue weighted by Crippen LogP contribution is 2.12. The first-order valence-electron chi connectivity index (χ1n) is 9.17. The molecule has 0 radical (unpaired) electrons. The second-order valence-electron chi connectivity index (χ2n) is 6.63. The molecule has 0 aliphatic carbocycles. The second kappa shape index (κ2) is 10.6. The molecular weight excluding hydrogens is 392 g/mol. The number of amides is 4. The molecule has 2 rings (SSSR count). The van der Waals surface area contributed by atoms with E-state index in [1.807, 2.05) is 5.43 Å². The van der Waals surface area contributed by atoms with Crippen molar-refractivity contribution in [1.29, 1.82) is 0 Å². The quantitative estimate of drug-likeness (QED) is 0.383. The SMILES string of the molecule is COc1ccc(C(=O)N[C@H](C(=O)NNC(=O)C(=O)NCc2ccco2)C(C)C)cc1. The lowest BCUT2D eigenvalue weighted by molar-refractivity contribution is -0.141. The molecule has 4 amide bonds. The van der Waals surface area contributed by atoms with Gasteiger partial charge in [0.25, 0.3) is 11.8 Å². The van der Waals surface area contributed by atoms with Gasteiger partial charge in [0, 0.05) is 5.56 Å². The zero-order chi connectivity index (χ0) is 22.1. The standard InChI is InChI=1S/C20H24N4O6/c1-12(2)16(22-17(25)13-6-8-14(29-3)9-7-13)18(26)23-24-20(28)19(27)21-11-15-5-4-10-30-15/h4-10,12,16H,11H2,1-3H3,(H,21,27)(H,22,25)(H,23,26)(H,24,28)/t16-/m0/s1. The number of benzene rings is 1. The Morgan fingerprint density at radius 2 is 1.70 bits per heavy atom. The first-order chi connectivity index (χ1) is 14.3. The Bertz CT molecular complexity index is 877. The highest BCUT2D eigenvalue weighted by atomic mass is 16.5. The summed E-state index contributed by atoms with van der Waals surface area (Å²) in [5, 5.41) is 4.96. The monoisotopic (exact) mass is 416 g/mol. The molecule has 160 valence electrons. The van der Waals surface area contributed by atoms with Gasteiger partial charge < -0.3 is 19.8 Å². The molecule has 2 aromatic rings. The molecule has 30 heavy (non-hydrogen) atoms. The van der Waals surface area contributed by atoms with Crippen LogP contribution in [0.3, 0.4) is 0 Å². The molecule has 1 atom stereocenters. The van der Waals surface area contributed by atoms with Crippen LogP contribution in [0.15, 0.2) is 47.1 Å². The van der Waals surface area contributed by atoms with Gasteiger partial charge in [0.1, 0.15) is 17.6 Å². The van der Waals surface area contributed by atoms with Crippen LogP contribution in [-0.2, 0) is 20.9 Å².